The molecule has 2 amide bonds. The summed E-state index contributed by atoms with van der Waals surface area (Å²) in [5, 5.41) is 29.3. The summed E-state index contributed by atoms with van der Waals surface area (Å²) in [4.78, 5) is 36.0. The summed E-state index contributed by atoms with van der Waals surface area (Å²) in [6.07, 6.45) is 1.12. The molecule has 1 heterocycles. The number of para-hydroxylation sites is 1. The molecule has 7 rings (SSSR count). The number of aliphatic hydroxyl groups is 2. The average molecular weight is 743 g/mol. The number of nitrogens with one attached hydrogen (secondary N) is 2. The molecule has 3 aliphatic carbocycles. The number of nitrogens with zero attached hydrogens (tertiary/aromatic N) is 2. The number of ether oxygens (including phenoxy) is 2. The minimum absolute atomic E-state index is 0.0361. The molecular weight excluding hydrogens is 684 g/mol. The van der Waals surface area contributed by atoms with Gasteiger partial charge in [-0.05, 0) is 90.8 Å². The molecule has 3 aromatic rings. The average Bonchev–Trinajstić information content (AvgIpc) is 3.53. The molecule has 4 N–H and O–H groups in total. The molecule has 4 fully saturated rings. The number of methoxy groups -OCH3 is 2. The molecule has 1 saturated heterocycles. The van der Waals surface area contributed by atoms with E-state index < -0.39 is 24.2 Å². The SMILES string of the molecule is COc1cccc(CCNC(=O)c2cc(-c3cccc(CN4O[C@@H](CO)[C@H]([C@H](C)O)[C@H]4C(=O)N[C@H]4C[C@H]5C[C@H]([C@@H]4C)C5(C)C)c3OC)cc(N(C)C)c2)c1. The van der Waals surface area contributed by atoms with E-state index in [-0.39, 0.29) is 36.4 Å². The van der Waals surface area contributed by atoms with Gasteiger partial charge in [0.1, 0.15) is 23.6 Å². The first-order valence-corrected chi connectivity index (χ1v) is 19.2. The van der Waals surface area contributed by atoms with Gasteiger partial charge in [0.25, 0.3) is 5.91 Å². The number of rotatable bonds is 14. The lowest BCUT2D eigenvalue weighted by Gasteiger charge is -2.62. The molecule has 8 atom stereocenters. The maximum absolute atomic E-state index is 14.2. The first kappa shape index (κ1) is 39.5. The van der Waals surface area contributed by atoms with Gasteiger partial charge in [-0.3, -0.25) is 14.4 Å². The molecule has 0 unspecified atom stereocenters. The third kappa shape index (κ3) is 7.82. The van der Waals surface area contributed by atoms with Crippen LogP contribution in [0.3, 0.4) is 0 Å². The van der Waals surface area contributed by atoms with Crippen LogP contribution in [0.25, 0.3) is 11.1 Å². The number of benzene rings is 3. The summed E-state index contributed by atoms with van der Waals surface area (Å²) in [5.41, 5.74) is 5.02. The number of carbonyl (C=O) groups excluding carboxylic acids is 2. The molecule has 0 aromatic heterocycles. The van der Waals surface area contributed by atoms with E-state index >= 15 is 0 Å². The zero-order valence-corrected chi connectivity index (χ0v) is 33.0. The van der Waals surface area contributed by atoms with Crippen LogP contribution in [0, 0.1) is 29.1 Å². The summed E-state index contributed by atoms with van der Waals surface area (Å²) < 4.78 is 11.4. The second-order valence-electron chi connectivity index (χ2n) is 16.3. The fourth-order valence-electron chi connectivity index (χ4n) is 9.24. The minimum atomic E-state index is -0.902. The van der Waals surface area contributed by atoms with Gasteiger partial charge in [-0.1, -0.05) is 51.1 Å². The van der Waals surface area contributed by atoms with Crippen LogP contribution in [0.1, 0.15) is 62.0 Å². The third-order valence-corrected chi connectivity index (χ3v) is 12.5. The lowest BCUT2D eigenvalue weighted by atomic mass is 9.45. The molecule has 4 aliphatic rings. The highest BCUT2D eigenvalue weighted by Crippen LogP contribution is 2.61. The zero-order valence-electron chi connectivity index (χ0n) is 33.0. The van der Waals surface area contributed by atoms with Crippen LogP contribution in [0.4, 0.5) is 5.69 Å². The molecule has 1 aliphatic heterocycles. The molecule has 0 spiro atoms. The quantitative estimate of drug-likeness (QED) is 0.179. The Morgan fingerprint density at radius 1 is 1.06 bits per heavy atom. The molecule has 54 heavy (non-hydrogen) atoms. The highest BCUT2D eigenvalue weighted by atomic mass is 16.7. The second-order valence-corrected chi connectivity index (χ2v) is 16.3. The molecule has 292 valence electrons. The molecular formula is C43H58N4O7. The molecule has 3 saturated carbocycles. The van der Waals surface area contributed by atoms with Gasteiger partial charge in [-0.25, -0.2) is 0 Å². The number of anilines is 1. The Hall–Kier alpha value is -4.16. The number of hydrogen-bond acceptors (Lipinski definition) is 9. The normalized spacial score (nSPS) is 26.4. The molecule has 2 bridgehead atoms. The summed E-state index contributed by atoms with van der Waals surface area (Å²) >= 11 is 0. The summed E-state index contributed by atoms with van der Waals surface area (Å²) in [7, 11) is 7.10. The first-order valence-electron chi connectivity index (χ1n) is 19.2. The van der Waals surface area contributed by atoms with Crippen LogP contribution in [0.5, 0.6) is 11.5 Å². The topological polar surface area (TPSA) is 133 Å². The summed E-state index contributed by atoms with van der Waals surface area (Å²) in [6, 6.07) is 18.5. The van der Waals surface area contributed by atoms with E-state index in [4.69, 9.17) is 14.3 Å². The van der Waals surface area contributed by atoms with Crippen molar-refractivity contribution >= 4 is 17.5 Å². The van der Waals surface area contributed by atoms with Crippen LogP contribution in [0.2, 0.25) is 0 Å². The van der Waals surface area contributed by atoms with Gasteiger partial charge < -0.3 is 35.2 Å². The Morgan fingerprint density at radius 2 is 1.81 bits per heavy atom. The summed E-state index contributed by atoms with van der Waals surface area (Å²) in [6.45, 7) is 8.83. The highest BCUT2D eigenvalue weighted by molar-refractivity contribution is 5.97. The Bertz CT molecular complexity index is 1810. The van der Waals surface area contributed by atoms with Crippen molar-refractivity contribution in [2.24, 2.45) is 29.1 Å². The predicted octanol–water partition coefficient (Wildman–Crippen LogP) is 5.07. The van der Waals surface area contributed by atoms with Crippen LogP contribution in [0.15, 0.2) is 60.7 Å². The van der Waals surface area contributed by atoms with Crippen LogP contribution < -0.4 is 25.0 Å². The standard InChI is InChI=1S/C43H58N4O7/c1-25-35-21-31(43(35,3)4)22-36(25)45-42(51)39-38(26(2)49)37(24-48)54-47(39)23-28-12-10-14-34(40(28)53-8)29-18-30(20-32(19-29)46(5)6)41(50)44-16-15-27-11-9-13-33(17-27)52-7/h9-14,17-20,25-26,31,35-39,48-49H,15-16,21-24H2,1-8H3,(H,44,50)(H,45,51)/t25-,26-,31+,35+,36-,37-,38-,39-/m0/s1. The number of fused-ring (bicyclic) bond motifs is 2. The first-order chi connectivity index (χ1) is 25.8. The van der Waals surface area contributed by atoms with Gasteiger partial charge in [0.2, 0.25) is 5.91 Å². The van der Waals surface area contributed by atoms with Gasteiger partial charge in [-0.2, -0.15) is 5.06 Å². The van der Waals surface area contributed by atoms with Crippen molar-refractivity contribution in [3.63, 3.8) is 0 Å². The van der Waals surface area contributed by atoms with Gasteiger partial charge in [-0.15, -0.1) is 0 Å². The van der Waals surface area contributed by atoms with Crippen molar-refractivity contribution in [2.75, 3.05) is 46.4 Å². The predicted molar refractivity (Wildman–Crippen MR) is 209 cm³/mol. The van der Waals surface area contributed by atoms with Crippen LogP contribution in [-0.2, 0) is 22.6 Å². The molecule has 3 aromatic carbocycles. The van der Waals surface area contributed by atoms with Gasteiger partial charge in [0, 0.05) is 55.0 Å². The number of hydroxylamine groups is 2. The van der Waals surface area contributed by atoms with Gasteiger partial charge >= 0.3 is 0 Å². The molecule has 0 radical (unpaired) electrons. The van der Waals surface area contributed by atoms with E-state index in [9.17, 15) is 19.8 Å². The van der Waals surface area contributed by atoms with E-state index in [2.05, 4.69) is 31.4 Å². The minimum Gasteiger partial charge on any atom is -0.497 e. The van der Waals surface area contributed by atoms with E-state index in [0.29, 0.717) is 42.0 Å². The number of aliphatic hydroxyl groups excluding tert-OH is 2. The van der Waals surface area contributed by atoms with E-state index in [1.807, 2.05) is 79.7 Å². The fraction of sp³-hybridized carbons (Fsp3) is 0.535. The lowest BCUT2D eigenvalue weighted by Crippen LogP contribution is -2.62. The number of hydrogen-bond donors (Lipinski definition) is 4. The molecule has 11 heteroatoms. The van der Waals surface area contributed by atoms with E-state index in [1.165, 1.54) is 6.42 Å². The summed E-state index contributed by atoms with van der Waals surface area (Å²) in [5.74, 6) is 1.77. The van der Waals surface area contributed by atoms with Crippen LogP contribution >= 0.6 is 0 Å². The van der Waals surface area contributed by atoms with Crippen LogP contribution in [-0.4, -0.2) is 92.8 Å². The number of carbonyl (C=O) groups is 2. The Morgan fingerprint density at radius 3 is 2.46 bits per heavy atom. The zero-order chi connectivity index (χ0) is 38.9. The van der Waals surface area contributed by atoms with Crippen molar-refractivity contribution in [2.45, 2.75) is 77.8 Å². The maximum atomic E-state index is 14.2. The highest BCUT2D eigenvalue weighted by Gasteiger charge is 2.57. The molecule has 11 nitrogen and oxygen atoms in total. The third-order valence-electron chi connectivity index (χ3n) is 12.5. The van der Waals surface area contributed by atoms with E-state index in [0.717, 1.165) is 40.1 Å². The Balaban J connectivity index is 1.25. The van der Waals surface area contributed by atoms with Crippen molar-refractivity contribution in [3.8, 4) is 22.6 Å². The second kappa shape index (κ2) is 16.3. The van der Waals surface area contributed by atoms with Crippen molar-refractivity contribution in [1.82, 2.24) is 15.7 Å². The largest absolute Gasteiger partial charge is 0.497 e. The Labute approximate surface area is 319 Å². The van der Waals surface area contributed by atoms with Crippen molar-refractivity contribution < 1.29 is 34.1 Å². The Kier molecular flexibility index (Phi) is 11.9. The van der Waals surface area contributed by atoms with Gasteiger partial charge in [0.15, 0.2) is 0 Å². The fourth-order valence-corrected chi connectivity index (χ4v) is 9.24. The lowest BCUT2D eigenvalue weighted by molar-refractivity contribution is -0.183. The van der Waals surface area contributed by atoms with E-state index in [1.54, 1.807) is 26.2 Å². The van der Waals surface area contributed by atoms with Gasteiger partial charge in [0.05, 0.1) is 33.5 Å². The van der Waals surface area contributed by atoms with Crippen molar-refractivity contribution in [1.29, 1.82) is 0 Å². The monoisotopic (exact) mass is 742 g/mol. The van der Waals surface area contributed by atoms with Crippen molar-refractivity contribution in [3.05, 3.63) is 77.4 Å². The number of amides is 2. The maximum Gasteiger partial charge on any atom is 0.251 e. The smallest absolute Gasteiger partial charge is 0.251 e.